The fraction of sp³-hybridized carbons (Fsp3) is 0.167. The molecule has 132 valence electrons. The molecule has 0 bridgehead atoms. The Bertz CT molecular complexity index is 1040. The van der Waals surface area contributed by atoms with Crippen LogP contribution in [0, 0.1) is 0 Å². The van der Waals surface area contributed by atoms with Gasteiger partial charge in [0.2, 0.25) is 0 Å². The van der Waals surface area contributed by atoms with Crippen molar-refractivity contribution in [3.05, 3.63) is 63.1 Å². The summed E-state index contributed by atoms with van der Waals surface area (Å²) >= 11 is 4.85. The first-order valence-corrected chi connectivity index (χ1v) is 9.87. The lowest BCUT2D eigenvalue weighted by atomic mass is 10.1. The number of thioether (sulfide) groups is 1. The number of fused-ring (bicyclic) bond motifs is 2. The second kappa shape index (κ2) is 6.77. The highest BCUT2D eigenvalue weighted by atomic mass is 79.9. The molecule has 2 aromatic carbocycles. The topological polar surface area (TPSA) is 66.3 Å². The summed E-state index contributed by atoms with van der Waals surface area (Å²) in [4.78, 5) is 17.6. The van der Waals surface area contributed by atoms with E-state index in [1.807, 2.05) is 48.7 Å². The van der Waals surface area contributed by atoms with Gasteiger partial charge in [0, 0.05) is 9.69 Å². The van der Waals surface area contributed by atoms with E-state index in [0.717, 1.165) is 26.4 Å². The van der Waals surface area contributed by atoms with Gasteiger partial charge >= 0.3 is 0 Å². The molecule has 6 nitrogen and oxygen atoms in total. The maximum absolute atomic E-state index is 12.8. The molecule has 1 atom stereocenters. The molecule has 0 radical (unpaired) electrons. The molecule has 26 heavy (non-hydrogen) atoms. The molecule has 0 aliphatic carbocycles. The summed E-state index contributed by atoms with van der Waals surface area (Å²) in [5.41, 5.74) is 1.42. The predicted octanol–water partition coefficient (Wildman–Crippen LogP) is 1.96. The summed E-state index contributed by atoms with van der Waals surface area (Å²) in [6.45, 7) is 0. The monoisotopic (exact) mass is 430 g/mol. The number of amides is 1. The van der Waals surface area contributed by atoms with Gasteiger partial charge in [-0.2, -0.15) is 0 Å². The molecule has 0 unspecified atom stereocenters. The SMILES string of the molecule is COc1ccc([C@@H]2N=c3ccc(Br)cc3=C3C(=O)NC(SC)=NN32)cc1. The van der Waals surface area contributed by atoms with Crippen LogP contribution in [-0.2, 0) is 4.79 Å². The maximum Gasteiger partial charge on any atom is 0.276 e. The van der Waals surface area contributed by atoms with Gasteiger partial charge in [-0.25, -0.2) is 5.01 Å². The number of halogens is 1. The standard InChI is InChI=1S/C18H15BrN4O2S/c1-25-12-6-3-10(4-7-12)16-20-14-8-5-11(19)9-13(14)15-17(24)21-18(26-2)22-23(15)16/h3-9,16H,1-2H3,(H,21,22,24)/t16-/m1/s1. The minimum Gasteiger partial charge on any atom is -0.497 e. The number of ether oxygens (including phenoxy) is 1. The van der Waals surface area contributed by atoms with Crippen molar-refractivity contribution in [2.24, 2.45) is 10.1 Å². The van der Waals surface area contributed by atoms with E-state index in [1.165, 1.54) is 11.8 Å². The van der Waals surface area contributed by atoms with Gasteiger partial charge in [0.15, 0.2) is 11.3 Å². The molecule has 0 aromatic heterocycles. The van der Waals surface area contributed by atoms with E-state index in [4.69, 9.17) is 9.73 Å². The van der Waals surface area contributed by atoms with Crippen molar-refractivity contribution in [1.29, 1.82) is 0 Å². The summed E-state index contributed by atoms with van der Waals surface area (Å²) in [5.74, 6) is 0.583. The highest BCUT2D eigenvalue weighted by Crippen LogP contribution is 2.31. The Labute approximate surface area is 162 Å². The molecular formula is C18H15BrN4O2S. The molecule has 2 aliphatic heterocycles. The van der Waals surface area contributed by atoms with Crippen molar-refractivity contribution >= 4 is 44.5 Å². The summed E-state index contributed by atoms with van der Waals surface area (Å²) < 4.78 is 6.12. The normalized spacial score (nSPS) is 18.3. The van der Waals surface area contributed by atoms with E-state index >= 15 is 0 Å². The van der Waals surface area contributed by atoms with Gasteiger partial charge in [-0.1, -0.05) is 39.8 Å². The van der Waals surface area contributed by atoms with Crippen molar-refractivity contribution in [2.45, 2.75) is 6.17 Å². The lowest BCUT2D eigenvalue weighted by molar-refractivity contribution is -0.116. The predicted molar refractivity (Wildman–Crippen MR) is 105 cm³/mol. The van der Waals surface area contributed by atoms with E-state index in [9.17, 15) is 4.79 Å². The molecule has 2 aliphatic rings. The van der Waals surface area contributed by atoms with Crippen LogP contribution in [0.5, 0.6) is 5.75 Å². The van der Waals surface area contributed by atoms with Gasteiger partial charge in [0.1, 0.15) is 11.4 Å². The minimum atomic E-state index is -0.419. The van der Waals surface area contributed by atoms with E-state index in [1.54, 1.807) is 12.1 Å². The Hall–Kier alpha value is -2.32. The second-order valence-corrected chi connectivity index (χ2v) is 7.40. The van der Waals surface area contributed by atoms with Crippen molar-refractivity contribution in [2.75, 3.05) is 13.4 Å². The summed E-state index contributed by atoms with van der Waals surface area (Å²) in [5, 5.41) is 11.2. The highest BCUT2D eigenvalue weighted by molar-refractivity contribution is 9.10. The van der Waals surface area contributed by atoms with Crippen LogP contribution in [0.15, 0.2) is 57.0 Å². The second-order valence-electron chi connectivity index (χ2n) is 5.69. The first-order chi connectivity index (χ1) is 12.6. The molecule has 0 saturated heterocycles. The number of amidine groups is 1. The van der Waals surface area contributed by atoms with Crippen LogP contribution in [0.1, 0.15) is 11.7 Å². The minimum absolute atomic E-state index is 0.183. The Morgan fingerprint density at radius 3 is 2.69 bits per heavy atom. The number of hydrazone groups is 1. The van der Waals surface area contributed by atoms with E-state index in [0.29, 0.717) is 10.9 Å². The van der Waals surface area contributed by atoms with Gasteiger partial charge < -0.3 is 4.74 Å². The Kier molecular flexibility index (Phi) is 4.46. The van der Waals surface area contributed by atoms with Crippen LogP contribution >= 0.6 is 27.7 Å². The fourth-order valence-electron chi connectivity index (χ4n) is 2.94. The average molecular weight is 431 g/mol. The lowest BCUT2D eigenvalue weighted by Crippen LogP contribution is -2.50. The first kappa shape index (κ1) is 17.1. The van der Waals surface area contributed by atoms with Crippen molar-refractivity contribution in [1.82, 2.24) is 10.3 Å². The van der Waals surface area contributed by atoms with Gasteiger partial charge in [-0.15, -0.1) is 5.10 Å². The number of hydrogen-bond donors (Lipinski definition) is 1. The van der Waals surface area contributed by atoms with Crippen LogP contribution in [0.4, 0.5) is 0 Å². The van der Waals surface area contributed by atoms with Crippen molar-refractivity contribution < 1.29 is 9.53 Å². The molecule has 8 heteroatoms. The van der Waals surface area contributed by atoms with Gasteiger partial charge in [0.25, 0.3) is 5.91 Å². The first-order valence-electron chi connectivity index (χ1n) is 7.85. The number of nitrogens with zero attached hydrogens (tertiary/aromatic N) is 3. The number of carbonyl (C=O) groups is 1. The zero-order valence-corrected chi connectivity index (χ0v) is 16.5. The molecule has 2 heterocycles. The molecule has 0 fully saturated rings. The number of rotatable bonds is 2. The molecule has 1 amide bonds. The number of benzene rings is 2. The third-order valence-corrected chi connectivity index (χ3v) is 5.24. The smallest absolute Gasteiger partial charge is 0.276 e. The van der Waals surface area contributed by atoms with Crippen molar-refractivity contribution in [3.8, 4) is 5.75 Å². The number of methoxy groups -OCH3 is 1. The largest absolute Gasteiger partial charge is 0.497 e. The molecular weight excluding hydrogens is 416 g/mol. The number of carbonyl (C=O) groups excluding carboxylic acids is 1. The van der Waals surface area contributed by atoms with Crippen LogP contribution in [-0.4, -0.2) is 29.4 Å². The Morgan fingerprint density at radius 2 is 2.00 bits per heavy atom. The third kappa shape index (κ3) is 2.89. The highest BCUT2D eigenvalue weighted by Gasteiger charge is 2.34. The number of hydrogen-bond acceptors (Lipinski definition) is 6. The summed E-state index contributed by atoms with van der Waals surface area (Å²) in [6.07, 6.45) is 1.45. The van der Waals surface area contributed by atoms with Crippen molar-refractivity contribution in [3.63, 3.8) is 0 Å². The maximum atomic E-state index is 12.8. The van der Waals surface area contributed by atoms with E-state index < -0.39 is 6.17 Å². The van der Waals surface area contributed by atoms with Gasteiger partial charge in [0.05, 0.1) is 12.5 Å². The van der Waals surface area contributed by atoms with Crippen LogP contribution in [0.2, 0.25) is 0 Å². The fourth-order valence-corrected chi connectivity index (χ4v) is 3.66. The van der Waals surface area contributed by atoms with E-state index in [-0.39, 0.29) is 5.91 Å². The van der Waals surface area contributed by atoms with Gasteiger partial charge in [-0.3, -0.25) is 15.1 Å². The Balaban J connectivity index is 1.95. The lowest BCUT2D eigenvalue weighted by Gasteiger charge is -2.34. The molecule has 2 aromatic rings. The average Bonchev–Trinajstić information content (AvgIpc) is 2.67. The number of nitrogens with one attached hydrogen (secondary N) is 1. The quantitative estimate of drug-likeness (QED) is 0.790. The summed E-state index contributed by atoms with van der Waals surface area (Å²) in [7, 11) is 1.63. The summed E-state index contributed by atoms with van der Waals surface area (Å²) in [6, 6.07) is 13.4. The molecule has 1 N–H and O–H groups in total. The molecule has 4 rings (SSSR count). The van der Waals surface area contributed by atoms with Crippen LogP contribution < -0.4 is 20.6 Å². The van der Waals surface area contributed by atoms with E-state index in [2.05, 4.69) is 26.3 Å². The van der Waals surface area contributed by atoms with Crippen LogP contribution in [0.3, 0.4) is 0 Å². The Morgan fingerprint density at radius 1 is 1.23 bits per heavy atom. The van der Waals surface area contributed by atoms with Crippen LogP contribution in [0.25, 0.3) is 5.70 Å². The molecule has 0 saturated carbocycles. The molecule has 0 spiro atoms. The van der Waals surface area contributed by atoms with Gasteiger partial charge in [-0.05, 0) is 42.2 Å². The third-order valence-electron chi connectivity index (χ3n) is 4.18. The zero-order valence-electron chi connectivity index (χ0n) is 14.1. The zero-order chi connectivity index (χ0) is 18.3.